The van der Waals surface area contributed by atoms with Crippen LogP contribution in [0.4, 0.5) is 0 Å². The molecule has 2 heteroatoms. The van der Waals surface area contributed by atoms with E-state index in [0.717, 1.165) is 0 Å². The molecule has 4 heavy (non-hydrogen) atoms. The highest BCUT2D eigenvalue weighted by atomic mass is 127. The molecule has 0 spiro atoms. The fraction of sp³-hybridized carbons (Fsp3) is 1.00. The molecule has 0 saturated heterocycles. The Labute approximate surface area is 42.9 Å². The lowest BCUT2D eigenvalue weighted by Gasteiger charge is -1.72. The van der Waals surface area contributed by atoms with Crippen LogP contribution in [0.1, 0.15) is 1.43 Å². The molecule has 0 amide bonds. The zero-order valence-electron chi connectivity index (χ0n) is 3.96. The Morgan fingerprint density at radius 3 is 1.75 bits per heavy atom. The smallest absolute Gasteiger partial charge is 0.124 e. The summed E-state index contributed by atoms with van der Waals surface area (Å²) in [7, 11) is 0. The van der Waals surface area contributed by atoms with E-state index in [1.54, 1.807) is 0 Å². The third kappa shape index (κ3) is 12.5. The fourth-order valence-electron chi connectivity index (χ4n) is 0. The molecule has 0 unspecified atom stereocenters. The van der Waals surface area contributed by atoms with Crippen molar-refractivity contribution in [3.63, 3.8) is 0 Å². The largest absolute Gasteiger partial charge is 1.00 e. The number of hydrogen-bond acceptors (Lipinski definition) is 0. The second kappa shape index (κ2) is 2.20. The standard InChI is InChI=1S/C2H7ISi/c1-4(2)3/h4H,1-2H3/p+1. The van der Waals surface area contributed by atoms with Crippen LogP contribution < -0.4 is 0 Å². The van der Waals surface area contributed by atoms with Crippen LogP contribution in [0.15, 0.2) is 0 Å². The van der Waals surface area contributed by atoms with Gasteiger partial charge in [-0.05, 0) is 0 Å². The van der Waals surface area contributed by atoms with Gasteiger partial charge in [-0.15, -0.1) is 21.8 Å². The summed E-state index contributed by atoms with van der Waals surface area (Å²) in [5, 5.41) is 0. The maximum Gasteiger partial charge on any atom is 1.00 e. The van der Waals surface area contributed by atoms with Gasteiger partial charge in [0.15, 0.2) is 0 Å². The molecule has 0 N–H and O–H groups in total. The van der Waals surface area contributed by atoms with Crippen molar-refractivity contribution in [2.24, 2.45) is 0 Å². The molecule has 0 radical (unpaired) electrons. The minimum Gasteiger partial charge on any atom is -0.124 e. The third-order valence-corrected chi connectivity index (χ3v) is 0. The SMILES string of the molecule is C[SiH](C)I.[H+]. The summed E-state index contributed by atoms with van der Waals surface area (Å²) in [5.74, 6) is 0. The van der Waals surface area contributed by atoms with E-state index in [9.17, 15) is 0 Å². The van der Waals surface area contributed by atoms with Crippen LogP contribution in [0.3, 0.4) is 0 Å². The normalized spacial score (nSPS) is 9.00. The molecule has 0 aliphatic rings. The van der Waals surface area contributed by atoms with Gasteiger partial charge in [0.05, 0.1) is 0 Å². The van der Waals surface area contributed by atoms with Gasteiger partial charge in [0.2, 0.25) is 0 Å². The topological polar surface area (TPSA) is 0 Å². The van der Waals surface area contributed by atoms with Crippen molar-refractivity contribution in [3.05, 3.63) is 0 Å². The molecular formula is C2H8ISi+. The van der Waals surface area contributed by atoms with Gasteiger partial charge in [-0.3, -0.25) is 0 Å². The van der Waals surface area contributed by atoms with E-state index in [1.807, 2.05) is 0 Å². The first-order valence-corrected chi connectivity index (χ1v) is 7.86. The number of hydrogen-bond donors (Lipinski definition) is 0. The first-order chi connectivity index (χ1) is 1.73. The van der Waals surface area contributed by atoms with E-state index in [4.69, 9.17) is 0 Å². The first-order valence-electron chi connectivity index (χ1n) is 1.37. The Hall–Kier alpha value is 0.947. The van der Waals surface area contributed by atoms with Crippen molar-refractivity contribution in [2.45, 2.75) is 13.1 Å². The maximum atomic E-state index is 2.48. The zero-order chi connectivity index (χ0) is 3.58. The molecule has 0 nitrogen and oxygen atoms in total. The summed E-state index contributed by atoms with van der Waals surface area (Å²) in [6.45, 7) is 4.58. The Balaban J connectivity index is 0. The highest BCUT2D eigenvalue weighted by Gasteiger charge is 1.75. The van der Waals surface area contributed by atoms with Gasteiger partial charge in [0, 0.05) is 0 Å². The molecule has 0 heterocycles. The lowest BCUT2D eigenvalue weighted by molar-refractivity contribution is 2.13. The molecule has 0 fully saturated rings. The Kier molecular flexibility index (Phi) is 2.72. The number of halogens is 1. The monoisotopic (exact) mass is 187 g/mol. The Bertz CT molecular complexity index is 14.4. The van der Waals surface area contributed by atoms with Crippen molar-refractivity contribution >= 4 is 28.1 Å². The van der Waals surface area contributed by atoms with Gasteiger partial charge >= 0.3 is 1.43 Å². The average molecular weight is 187 g/mol. The molecule has 0 bridgehead atoms. The van der Waals surface area contributed by atoms with Gasteiger partial charge in [-0.2, -0.15) is 0 Å². The second-order valence-electron chi connectivity index (χ2n) is 1.01. The van der Waals surface area contributed by atoms with Gasteiger partial charge in [-0.25, -0.2) is 0 Å². The molecule has 0 aliphatic carbocycles. The molecule has 0 atom stereocenters. The highest BCUT2D eigenvalue weighted by Crippen LogP contribution is 1.86. The Morgan fingerprint density at radius 1 is 1.75 bits per heavy atom. The van der Waals surface area contributed by atoms with Crippen LogP contribution in [-0.2, 0) is 0 Å². The van der Waals surface area contributed by atoms with Crippen molar-refractivity contribution in [1.29, 1.82) is 0 Å². The third-order valence-electron chi connectivity index (χ3n) is 0. The van der Waals surface area contributed by atoms with E-state index < -0.39 is 0 Å². The summed E-state index contributed by atoms with van der Waals surface area (Å²) in [6.07, 6.45) is -0.169. The van der Waals surface area contributed by atoms with Crippen LogP contribution in [-0.4, -0.2) is 6.29 Å². The van der Waals surface area contributed by atoms with Crippen LogP contribution in [0.5, 0.6) is 0 Å². The molecule has 0 aliphatic heterocycles. The van der Waals surface area contributed by atoms with E-state index >= 15 is 0 Å². The first kappa shape index (κ1) is 4.95. The molecular weight excluding hydrogens is 179 g/mol. The highest BCUT2D eigenvalue weighted by molar-refractivity contribution is 14.1. The second-order valence-corrected chi connectivity index (χ2v) is 10.5. The summed E-state index contributed by atoms with van der Waals surface area (Å²) in [4.78, 5) is 0. The predicted molar refractivity (Wildman–Crippen MR) is 34.0 cm³/mol. The number of rotatable bonds is 0. The van der Waals surface area contributed by atoms with E-state index in [1.165, 1.54) is 0 Å². The molecule has 26 valence electrons. The molecule has 0 aromatic carbocycles. The minimum absolute atomic E-state index is 0. The molecule has 0 aromatic rings. The van der Waals surface area contributed by atoms with Gasteiger partial charge in [-0.1, -0.05) is 13.1 Å². The molecule has 0 aromatic heterocycles. The van der Waals surface area contributed by atoms with Gasteiger partial charge in [0.25, 0.3) is 0 Å². The predicted octanol–water partition coefficient (Wildman–Crippen LogP) is 1.52. The van der Waals surface area contributed by atoms with Crippen molar-refractivity contribution in [1.82, 2.24) is 0 Å². The van der Waals surface area contributed by atoms with Gasteiger partial charge < -0.3 is 0 Å². The summed E-state index contributed by atoms with van der Waals surface area (Å²) in [6, 6.07) is 0. The quantitative estimate of drug-likeness (QED) is 0.306. The minimum atomic E-state index is -0.169. The van der Waals surface area contributed by atoms with E-state index in [2.05, 4.69) is 34.9 Å². The van der Waals surface area contributed by atoms with E-state index in [-0.39, 0.29) is 7.72 Å². The van der Waals surface area contributed by atoms with Crippen LogP contribution >= 0.6 is 21.8 Å². The lowest BCUT2D eigenvalue weighted by atomic mass is 11.9. The summed E-state index contributed by atoms with van der Waals surface area (Å²) in [5.41, 5.74) is 0. The lowest BCUT2D eigenvalue weighted by Crippen LogP contribution is -1.77. The maximum absolute atomic E-state index is 2.48. The summed E-state index contributed by atoms with van der Waals surface area (Å²) < 4.78 is 0. The van der Waals surface area contributed by atoms with Crippen molar-refractivity contribution in [2.75, 3.05) is 0 Å². The zero-order valence-corrected chi connectivity index (χ0v) is 6.27. The van der Waals surface area contributed by atoms with Gasteiger partial charge in [0.1, 0.15) is 6.29 Å². The van der Waals surface area contributed by atoms with Crippen LogP contribution in [0.25, 0.3) is 0 Å². The van der Waals surface area contributed by atoms with Crippen molar-refractivity contribution in [3.8, 4) is 0 Å². The Morgan fingerprint density at radius 2 is 1.75 bits per heavy atom. The van der Waals surface area contributed by atoms with E-state index in [0.29, 0.717) is 0 Å². The molecule has 0 saturated carbocycles. The molecule has 0 rings (SSSR count). The fourth-order valence-corrected chi connectivity index (χ4v) is 0. The van der Waals surface area contributed by atoms with Crippen LogP contribution in [0, 0.1) is 0 Å². The average Bonchev–Trinajstić information content (AvgIpc) is 0.811. The van der Waals surface area contributed by atoms with Crippen molar-refractivity contribution < 1.29 is 1.43 Å². The van der Waals surface area contributed by atoms with Crippen LogP contribution in [0.2, 0.25) is 13.1 Å². The summed E-state index contributed by atoms with van der Waals surface area (Å²) >= 11 is 2.48.